The van der Waals surface area contributed by atoms with Gasteiger partial charge in [-0.15, -0.1) is 0 Å². The lowest BCUT2D eigenvalue weighted by Gasteiger charge is -2.31. The van der Waals surface area contributed by atoms with E-state index in [1.807, 2.05) is 12.1 Å². The van der Waals surface area contributed by atoms with Gasteiger partial charge in [0.2, 0.25) is 0 Å². The Labute approximate surface area is 317 Å². The molecule has 258 valence electrons. The van der Waals surface area contributed by atoms with Crippen molar-refractivity contribution in [2.45, 2.75) is 0 Å². The van der Waals surface area contributed by atoms with Crippen LogP contribution in [0.1, 0.15) is 0 Å². The first-order chi connectivity index (χ1) is 27.3. The van der Waals surface area contributed by atoms with Gasteiger partial charge in [0, 0.05) is 54.9 Å². The molecule has 11 aromatic rings. The Kier molecular flexibility index (Phi) is 7.17. The average Bonchev–Trinajstić information content (AvgIpc) is 3.83. The predicted octanol–water partition coefficient (Wildman–Crippen LogP) is 15.1. The van der Waals surface area contributed by atoms with E-state index in [9.17, 15) is 0 Å². The number of para-hydroxylation sites is 5. The maximum absolute atomic E-state index is 6.74. The third-order valence-corrected chi connectivity index (χ3v) is 10.9. The molecule has 3 nitrogen and oxygen atoms in total. The minimum atomic E-state index is 0.862. The molecule has 9 aromatic carbocycles. The summed E-state index contributed by atoms with van der Waals surface area (Å²) in [7, 11) is 0. The van der Waals surface area contributed by atoms with Crippen molar-refractivity contribution in [2.75, 3.05) is 4.90 Å². The highest BCUT2D eigenvalue weighted by Crippen LogP contribution is 2.51. The van der Waals surface area contributed by atoms with Gasteiger partial charge in [-0.3, -0.25) is 0 Å². The molecule has 0 atom stereocenters. The van der Waals surface area contributed by atoms with E-state index in [1.165, 1.54) is 10.9 Å². The van der Waals surface area contributed by atoms with Crippen LogP contribution in [0.2, 0.25) is 0 Å². The molecule has 0 radical (unpaired) electrons. The molecular weight excluding hydrogens is 671 g/mol. The van der Waals surface area contributed by atoms with Gasteiger partial charge in [0.15, 0.2) is 0 Å². The minimum Gasteiger partial charge on any atom is -0.455 e. The number of rotatable bonds is 6. The van der Waals surface area contributed by atoms with E-state index in [2.05, 4.69) is 193 Å². The standard InChI is InChI=1S/C52H33NO2/c1-2-14-34(15-3-1)35-30-32-37(33-31-35)53(47-27-10-17-36-16-4-5-18-38(36)47)50-41(45-25-12-23-43-39-19-6-8-28-48(39)54-51(43)45)21-11-22-42(50)46-26-13-24-44-40-20-7-9-29-49(40)55-52(44)46/h1-33H. The van der Waals surface area contributed by atoms with Gasteiger partial charge in [0.1, 0.15) is 22.3 Å². The van der Waals surface area contributed by atoms with Crippen LogP contribution < -0.4 is 4.90 Å². The van der Waals surface area contributed by atoms with Crippen molar-refractivity contribution in [2.24, 2.45) is 0 Å². The van der Waals surface area contributed by atoms with E-state index < -0.39 is 0 Å². The predicted molar refractivity (Wildman–Crippen MR) is 229 cm³/mol. The highest BCUT2D eigenvalue weighted by Gasteiger charge is 2.26. The first-order valence-corrected chi connectivity index (χ1v) is 18.7. The second-order valence-corrected chi connectivity index (χ2v) is 14.0. The lowest BCUT2D eigenvalue weighted by molar-refractivity contribution is 0.670. The lowest BCUT2D eigenvalue weighted by Crippen LogP contribution is -2.13. The van der Waals surface area contributed by atoms with Gasteiger partial charge in [0.05, 0.1) is 11.4 Å². The highest BCUT2D eigenvalue weighted by atomic mass is 16.3. The number of nitrogens with zero attached hydrogens (tertiary/aromatic N) is 1. The Morgan fingerprint density at radius 2 is 0.764 bits per heavy atom. The Morgan fingerprint density at radius 3 is 1.40 bits per heavy atom. The van der Waals surface area contributed by atoms with E-state index in [0.717, 1.165) is 94.1 Å². The number of benzene rings is 9. The molecule has 11 rings (SSSR count). The zero-order valence-electron chi connectivity index (χ0n) is 29.8. The third-order valence-electron chi connectivity index (χ3n) is 10.9. The van der Waals surface area contributed by atoms with Crippen LogP contribution in [0.25, 0.3) is 88.0 Å². The average molecular weight is 704 g/mol. The first kappa shape index (κ1) is 31.2. The van der Waals surface area contributed by atoms with Crippen LogP contribution in [0.5, 0.6) is 0 Å². The molecule has 3 heteroatoms. The van der Waals surface area contributed by atoms with Crippen LogP contribution in [-0.4, -0.2) is 0 Å². The smallest absolute Gasteiger partial charge is 0.143 e. The highest BCUT2D eigenvalue weighted by molar-refractivity contribution is 6.15. The van der Waals surface area contributed by atoms with E-state index in [4.69, 9.17) is 8.83 Å². The molecule has 0 spiro atoms. The molecular formula is C52H33NO2. The van der Waals surface area contributed by atoms with Gasteiger partial charge in [0.25, 0.3) is 0 Å². The molecule has 0 saturated carbocycles. The summed E-state index contributed by atoms with van der Waals surface area (Å²) < 4.78 is 13.5. The summed E-state index contributed by atoms with van der Waals surface area (Å²) in [5.74, 6) is 0. The summed E-state index contributed by atoms with van der Waals surface area (Å²) in [5.41, 5.74) is 13.1. The van der Waals surface area contributed by atoms with E-state index in [0.29, 0.717) is 0 Å². The van der Waals surface area contributed by atoms with Crippen molar-refractivity contribution in [3.63, 3.8) is 0 Å². The van der Waals surface area contributed by atoms with E-state index >= 15 is 0 Å². The van der Waals surface area contributed by atoms with Gasteiger partial charge >= 0.3 is 0 Å². The Balaban J connectivity index is 1.26. The Hall–Kier alpha value is -7.36. The van der Waals surface area contributed by atoms with Gasteiger partial charge in [-0.05, 0) is 46.8 Å². The largest absolute Gasteiger partial charge is 0.455 e. The van der Waals surface area contributed by atoms with Crippen molar-refractivity contribution in [3.05, 3.63) is 200 Å². The normalized spacial score (nSPS) is 11.6. The zero-order chi connectivity index (χ0) is 36.3. The van der Waals surface area contributed by atoms with Gasteiger partial charge in [-0.25, -0.2) is 0 Å². The molecule has 0 aliphatic rings. The van der Waals surface area contributed by atoms with Crippen molar-refractivity contribution >= 4 is 71.7 Å². The lowest BCUT2D eigenvalue weighted by atomic mass is 9.92. The van der Waals surface area contributed by atoms with Crippen LogP contribution in [0.4, 0.5) is 17.1 Å². The molecule has 0 bridgehead atoms. The molecule has 2 aromatic heterocycles. The number of anilines is 3. The molecule has 0 N–H and O–H groups in total. The topological polar surface area (TPSA) is 29.5 Å². The molecule has 0 saturated heterocycles. The fourth-order valence-electron chi connectivity index (χ4n) is 8.36. The number of hydrogen-bond acceptors (Lipinski definition) is 3. The second-order valence-electron chi connectivity index (χ2n) is 14.0. The molecule has 0 fully saturated rings. The fraction of sp³-hybridized carbons (Fsp3) is 0. The molecule has 0 aliphatic heterocycles. The second kappa shape index (κ2) is 12.6. The molecule has 0 unspecified atom stereocenters. The van der Waals surface area contributed by atoms with Crippen molar-refractivity contribution < 1.29 is 8.83 Å². The van der Waals surface area contributed by atoms with Crippen LogP contribution >= 0.6 is 0 Å². The van der Waals surface area contributed by atoms with Crippen molar-refractivity contribution in [1.29, 1.82) is 0 Å². The number of fused-ring (bicyclic) bond motifs is 7. The monoisotopic (exact) mass is 703 g/mol. The zero-order valence-corrected chi connectivity index (χ0v) is 29.8. The SMILES string of the molecule is c1ccc(-c2ccc(N(c3c(-c4cccc5c4oc4ccccc45)cccc3-c3cccc4c3oc3ccccc34)c3cccc4ccccc34)cc2)cc1. The van der Waals surface area contributed by atoms with E-state index in [-0.39, 0.29) is 0 Å². The maximum Gasteiger partial charge on any atom is 0.143 e. The molecule has 0 aliphatic carbocycles. The van der Waals surface area contributed by atoms with Gasteiger partial charge in [-0.1, -0.05) is 170 Å². The summed E-state index contributed by atoms with van der Waals surface area (Å²) in [6.45, 7) is 0. The van der Waals surface area contributed by atoms with Crippen LogP contribution in [-0.2, 0) is 0 Å². The van der Waals surface area contributed by atoms with Gasteiger partial charge in [-0.2, -0.15) is 0 Å². The first-order valence-electron chi connectivity index (χ1n) is 18.7. The summed E-state index contributed by atoms with van der Waals surface area (Å²) in [6, 6.07) is 70.9. The summed E-state index contributed by atoms with van der Waals surface area (Å²) in [5, 5.41) is 6.71. The van der Waals surface area contributed by atoms with Crippen LogP contribution in [0.3, 0.4) is 0 Å². The maximum atomic E-state index is 6.74. The van der Waals surface area contributed by atoms with Crippen LogP contribution in [0.15, 0.2) is 209 Å². The van der Waals surface area contributed by atoms with Crippen LogP contribution in [0, 0.1) is 0 Å². The van der Waals surface area contributed by atoms with Crippen molar-refractivity contribution in [1.82, 2.24) is 0 Å². The van der Waals surface area contributed by atoms with Gasteiger partial charge < -0.3 is 13.7 Å². The molecule has 55 heavy (non-hydrogen) atoms. The molecule has 2 heterocycles. The number of furan rings is 2. The Morgan fingerprint density at radius 1 is 0.309 bits per heavy atom. The summed E-state index contributed by atoms with van der Waals surface area (Å²) >= 11 is 0. The third kappa shape index (κ3) is 5.05. The van der Waals surface area contributed by atoms with E-state index in [1.54, 1.807) is 0 Å². The number of hydrogen-bond donors (Lipinski definition) is 0. The molecule has 0 amide bonds. The summed E-state index contributed by atoms with van der Waals surface area (Å²) in [6.07, 6.45) is 0. The minimum absolute atomic E-state index is 0.862. The summed E-state index contributed by atoms with van der Waals surface area (Å²) in [4.78, 5) is 2.44. The fourth-order valence-corrected chi connectivity index (χ4v) is 8.36. The van der Waals surface area contributed by atoms with Crippen molar-refractivity contribution in [3.8, 4) is 33.4 Å². The quantitative estimate of drug-likeness (QED) is 0.173. The Bertz CT molecular complexity index is 3070.